The van der Waals surface area contributed by atoms with Crippen LogP contribution in [0.2, 0.25) is 0 Å². The Balaban J connectivity index is 1.64. The molecule has 3 heterocycles. The summed E-state index contributed by atoms with van der Waals surface area (Å²) in [5.41, 5.74) is 6.64. The molecule has 3 rings (SSSR count). The van der Waals surface area contributed by atoms with Crippen LogP contribution in [0.15, 0.2) is 12.3 Å². The SMILES string of the molecule is NC(=S)c1ccnnc1N1CCC(N2CCCCC2)CC1. The van der Waals surface area contributed by atoms with Gasteiger partial charge in [-0.25, -0.2) is 0 Å². The minimum Gasteiger partial charge on any atom is -0.389 e. The Morgan fingerprint density at radius 1 is 1.14 bits per heavy atom. The molecule has 2 aliphatic heterocycles. The molecule has 0 aromatic carbocycles. The number of nitrogens with two attached hydrogens (primary N) is 1. The molecule has 0 saturated carbocycles. The highest BCUT2D eigenvalue weighted by atomic mass is 32.1. The summed E-state index contributed by atoms with van der Waals surface area (Å²) >= 11 is 5.12. The van der Waals surface area contributed by atoms with E-state index in [9.17, 15) is 0 Å². The maximum Gasteiger partial charge on any atom is 0.161 e. The lowest BCUT2D eigenvalue weighted by molar-refractivity contribution is 0.141. The summed E-state index contributed by atoms with van der Waals surface area (Å²) in [4.78, 5) is 5.35. The molecule has 0 bridgehead atoms. The summed E-state index contributed by atoms with van der Waals surface area (Å²) in [5, 5.41) is 8.25. The fourth-order valence-corrected chi connectivity index (χ4v) is 3.64. The van der Waals surface area contributed by atoms with Crippen molar-refractivity contribution < 1.29 is 0 Å². The Labute approximate surface area is 131 Å². The van der Waals surface area contributed by atoms with Crippen LogP contribution in [0.25, 0.3) is 0 Å². The lowest BCUT2D eigenvalue weighted by Crippen LogP contribution is -2.47. The van der Waals surface area contributed by atoms with Crippen LogP contribution < -0.4 is 10.6 Å². The zero-order chi connectivity index (χ0) is 14.7. The van der Waals surface area contributed by atoms with Crippen molar-refractivity contribution in [1.82, 2.24) is 15.1 Å². The van der Waals surface area contributed by atoms with Crippen LogP contribution in [-0.4, -0.2) is 52.3 Å². The molecule has 5 nitrogen and oxygen atoms in total. The summed E-state index contributed by atoms with van der Waals surface area (Å²) in [6.07, 6.45) is 8.14. The predicted molar refractivity (Wildman–Crippen MR) is 88.6 cm³/mol. The molecule has 0 radical (unpaired) electrons. The van der Waals surface area contributed by atoms with Gasteiger partial charge in [0.1, 0.15) is 4.99 Å². The number of aromatic nitrogens is 2. The normalized spacial score (nSPS) is 21.4. The van der Waals surface area contributed by atoms with E-state index in [-0.39, 0.29) is 0 Å². The number of likely N-dealkylation sites (tertiary alicyclic amines) is 1. The van der Waals surface area contributed by atoms with Gasteiger partial charge in [-0.1, -0.05) is 18.6 Å². The van der Waals surface area contributed by atoms with Gasteiger partial charge in [-0.15, -0.1) is 5.10 Å². The molecule has 114 valence electrons. The third-order valence-corrected chi connectivity index (χ3v) is 4.86. The second kappa shape index (κ2) is 6.66. The summed E-state index contributed by atoms with van der Waals surface area (Å²) in [6, 6.07) is 2.59. The fourth-order valence-electron chi connectivity index (χ4n) is 3.48. The molecule has 0 unspecified atom stereocenters. The molecule has 0 amide bonds. The van der Waals surface area contributed by atoms with E-state index in [0.717, 1.165) is 30.5 Å². The predicted octanol–water partition coefficient (Wildman–Crippen LogP) is 1.57. The monoisotopic (exact) mass is 305 g/mol. The molecule has 0 atom stereocenters. The van der Waals surface area contributed by atoms with E-state index in [4.69, 9.17) is 18.0 Å². The highest BCUT2D eigenvalue weighted by Crippen LogP contribution is 2.25. The van der Waals surface area contributed by atoms with Gasteiger partial charge in [0.15, 0.2) is 5.82 Å². The van der Waals surface area contributed by atoms with E-state index in [0.29, 0.717) is 4.99 Å². The number of hydrogen-bond donors (Lipinski definition) is 1. The van der Waals surface area contributed by atoms with Crippen molar-refractivity contribution in [3.8, 4) is 0 Å². The van der Waals surface area contributed by atoms with Gasteiger partial charge in [-0.3, -0.25) is 0 Å². The molecule has 2 N–H and O–H groups in total. The number of nitrogens with zero attached hydrogens (tertiary/aromatic N) is 4. The van der Waals surface area contributed by atoms with E-state index in [1.165, 1.54) is 45.2 Å². The zero-order valence-corrected chi connectivity index (χ0v) is 13.2. The van der Waals surface area contributed by atoms with Gasteiger partial charge in [0.2, 0.25) is 0 Å². The van der Waals surface area contributed by atoms with E-state index in [1.807, 2.05) is 6.07 Å². The number of thiocarbonyl (C=S) groups is 1. The lowest BCUT2D eigenvalue weighted by Gasteiger charge is -2.40. The van der Waals surface area contributed by atoms with E-state index < -0.39 is 0 Å². The van der Waals surface area contributed by atoms with Gasteiger partial charge in [0, 0.05) is 19.1 Å². The molecular weight excluding hydrogens is 282 g/mol. The second-order valence-electron chi connectivity index (χ2n) is 5.95. The van der Waals surface area contributed by atoms with Crippen LogP contribution in [0.1, 0.15) is 37.7 Å². The summed E-state index contributed by atoms with van der Waals surface area (Å²) in [6.45, 7) is 4.56. The van der Waals surface area contributed by atoms with Crippen molar-refractivity contribution in [3.05, 3.63) is 17.8 Å². The van der Waals surface area contributed by atoms with Crippen molar-refractivity contribution in [2.24, 2.45) is 5.73 Å². The fraction of sp³-hybridized carbons (Fsp3) is 0.667. The largest absolute Gasteiger partial charge is 0.389 e. The van der Waals surface area contributed by atoms with Crippen LogP contribution in [0.5, 0.6) is 0 Å². The first-order valence-electron chi connectivity index (χ1n) is 7.86. The lowest BCUT2D eigenvalue weighted by atomic mass is 9.99. The Hall–Kier alpha value is -1.27. The molecule has 1 aromatic heterocycles. The first-order valence-corrected chi connectivity index (χ1v) is 8.27. The van der Waals surface area contributed by atoms with Crippen molar-refractivity contribution in [3.63, 3.8) is 0 Å². The molecule has 2 aliphatic rings. The van der Waals surface area contributed by atoms with Crippen LogP contribution >= 0.6 is 12.2 Å². The van der Waals surface area contributed by atoms with Crippen LogP contribution in [-0.2, 0) is 0 Å². The molecule has 0 spiro atoms. The second-order valence-corrected chi connectivity index (χ2v) is 6.39. The van der Waals surface area contributed by atoms with Crippen molar-refractivity contribution in [1.29, 1.82) is 0 Å². The average Bonchev–Trinajstić information content (AvgIpc) is 2.56. The number of piperidine rings is 2. The summed E-state index contributed by atoms with van der Waals surface area (Å²) in [7, 11) is 0. The Morgan fingerprint density at radius 2 is 1.86 bits per heavy atom. The molecule has 0 aliphatic carbocycles. The third-order valence-electron chi connectivity index (χ3n) is 4.64. The topological polar surface area (TPSA) is 58.3 Å². The van der Waals surface area contributed by atoms with Gasteiger partial charge in [-0.2, -0.15) is 5.10 Å². The molecule has 6 heteroatoms. The zero-order valence-electron chi connectivity index (χ0n) is 12.4. The van der Waals surface area contributed by atoms with Gasteiger partial charge >= 0.3 is 0 Å². The molecule has 2 saturated heterocycles. The molecule has 1 aromatic rings. The van der Waals surface area contributed by atoms with Gasteiger partial charge < -0.3 is 15.5 Å². The highest BCUT2D eigenvalue weighted by Gasteiger charge is 2.27. The maximum atomic E-state index is 5.79. The van der Waals surface area contributed by atoms with Crippen molar-refractivity contribution in [2.75, 3.05) is 31.1 Å². The smallest absolute Gasteiger partial charge is 0.161 e. The van der Waals surface area contributed by atoms with Crippen LogP contribution in [0, 0.1) is 0 Å². The number of anilines is 1. The first kappa shape index (κ1) is 14.7. The standard InChI is InChI=1S/C15H23N5S/c16-14(21)13-4-7-17-18-15(13)20-10-5-12(6-11-20)19-8-2-1-3-9-19/h4,7,12H,1-3,5-6,8-11H2,(H2,16,21). The van der Waals surface area contributed by atoms with Crippen molar-refractivity contribution >= 4 is 23.0 Å². The Bertz CT molecular complexity index is 493. The van der Waals surface area contributed by atoms with Gasteiger partial charge in [0.05, 0.1) is 11.8 Å². The minimum absolute atomic E-state index is 0.401. The van der Waals surface area contributed by atoms with Crippen molar-refractivity contribution in [2.45, 2.75) is 38.1 Å². The van der Waals surface area contributed by atoms with Crippen LogP contribution in [0.3, 0.4) is 0 Å². The summed E-state index contributed by atoms with van der Waals surface area (Å²) in [5.74, 6) is 0.849. The highest BCUT2D eigenvalue weighted by molar-refractivity contribution is 7.80. The van der Waals surface area contributed by atoms with E-state index >= 15 is 0 Å². The Morgan fingerprint density at radius 3 is 2.52 bits per heavy atom. The third kappa shape index (κ3) is 3.32. The Kier molecular flexibility index (Phi) is 4.65. The summed E-state index contributed by atoms with van der Waals surface area (Å²) < 4.78 is 0. The number of rotatable bonds is 3. The molecule has 21 heavy (non-hydrogen) atoms. The van der Waals surface area contributed by atoms with E-state index in [2.05, 4.69) is 20.0 Å². The first-order chi connectivity index (χ1) is 10.3. The van der Waals surface area contributed by atoms with Crippen LogP contribution in [0.4, 0.5) is 5.82 Å². The van der Waals surface area contributed by atoms with Gasteiger partial charge in [-0.05, 0) is 44.8 Å². The molecular formula is C15H23N5S. The average molecular weight is 305 g/mol. The molecule has 2 fully saturated rings. The number of hydrogen-bond acceptors (Lipinski definition) is 5. The quantitative estimate of drug-likeness (QED) is 0.855. The maximum absolute atomic E-state index is 5.79. The van der Waals surface area contributed by atoms with Gasteiger partial charge in [0.25, 0.3) is 0 Å². The minimum atomic E-state index is 0.401. The van der Waals surface area contributed by atoms with E-state index in [1.54, 1.807) is 6.20 Å².